The molecule has 0 spiro atoms. The van der Waals surface area contributed by atoms with E-state index in [1.165, 1.54) is 5.56 Å². The van der Waals surface area contributed by atoms with E-state index in [2.05, 4.69) is 67.9 Å². The number of hydrogen-bond donors (Lipinski definition) is 2. The Morgan fingerprint density at radius 1 is 1.13 bits per heavy atom. The predicted octanol–water partition coefficient (Wildman–Crippen LogP) is 2.91. The van der Waals surface area contributed by atoms with Gasteiger partial charge in [-0.3, -0.25) is 0 Å². The summed E-state index contributed by atoms with van der Waals surface area (Å²) in [6.07, 6.45) is 4.58. The van der Waals surface area contributed by atoms with Gasteiger partial charge in [0.05, 0.1) is 5.69 Å². The fourth-order valence-electron chi connectivity index (χ4n) is 4.67. The minimum absolute atomic E-state index is 0.152. The molecule has 8 nitrogen and oxygen atoms in total. The topological polar surface area (TPSA) is 83.3 Å². The van der Waals surface area contributed by atoms with Gasteiger partial charge >= 0.3 is 0 Å². The number of nitrogens with zero attached hydrogens (tertiary/aromatic N) is 6. The first-order valence-electron chi connectivity index (χ1n) is 10.7. The predicted molar refractivity (Wildman–Crippen MR) is 120 cm³/mol. The van der Waals surface area contributed by atoms with Gasteiger partial charge in [0.15, 0.2) is 5.65 Å². The first-order chi connectivity index (χ1) is 15.2. The lowest BCUT2D eigenvalue weighted by atomic mass is 10.1. The number of fused-ring (bicyclic) bond motifs is 3. The van der Waals surface area contributed by atoms with Crippen LogP contribution in [0.3, 0.4) is 0 Å². The van der Waals surface area contributed by atoms with Crippen molar-refractivity contribution in [3.8, 4) is 11.3 Å². The molecule has 5 heterocycles. The summed E-state index contributed by atoms with van der Waals surface area (Å²) >= 11 is 0. The monoisotopic (exact) mass is 412 g/mol. The van der Waals surface area contributed by atoms with Gasteiger partial charge in [0.1, 0.15) is 12.1 Å². The average Bonchev–Trinajstić information content (AvgIpc) is 3.56. The summed E-state index contributed by atoms with van der Waals surface area (Å²) in [5.74, 6) is 1.69. The van der Waals surface area contributed by atoms with Crippen LogP contribution in [0.15, 0.2) is 61.1 Å². The largest absolute Gasteiger partial charge is 0.364 e. The molecule has 2 fully saturated rings. The number of aromatic nitrogens is 5. The molecule has 0 radical (unpaired) electrons. The Labute approximate surface area is 180 Å². The lowest BCUT2D eigenvalue weighted by molar-refractivity contribution is 0.567. The highest BCUT2D eigenvalue weighted by Crippen LogP contribution is 2.31. The van der Waals surface area contributed by atoms with Gasteiger partial charge in [0, 0.05) is 49.0 Å². The molecule has 156 valence electrons. The second kappa shape index (κ2) is 7.31. The van der Waals surface area contributed by atoms with Crippen molar-refractivity contribution in [1.82, 2.24) is 29.9 Å². The van der Waals surface area contributed by atoms with Crippen molar-refractivity contribution in [2.45, 2.75) is 31.5 Å². The van der Waals surface area contributed by atoms with E-state index in [0.29, 0.717) is 12.1 Å². The van der Waals surface area contributed by atoms with Crippen molar-refractivity contribution in [1.29, 1.82) is 0 Å². The molecule has 3 aromatic heterocycles. The third kappa shape index (κ3) is 3.29. The number of hydrogen-bond acceptors (Lipinski definition) is 7. The van der Waals surface area contributed by atoms with Crippen LogP contribution in [0.2, 0.25) is 0 Å². The van der Waals surface area contributed by atoms with Crippen LogP contribution in [0.5, 0.6) is 0 Å². The zero-order valence-corrected chi connectivity index (χ0v) is 17.3. The zero-order valence-electron chi connectivity index (χ0n) is 17.3. The van der Waals surface area contributed by atoms with E-state index in [4.69, 9.17) is 4.98 Å². The Kier molecular flexibility index (Phi) is 4.31. The molecule has 2 aliphatic rings. The molecule has 8 heteroatoms. The van der Waals surface area contributed by atoms with Gasteiger partial charge in [-0.25, -0.2) is 15.0 Å². The molecule has 2 aliphatic heterocycles. The minimum Gasteiger partial charge on any atom is -0.364 e. The van der Waals surface area contributed by atoms with Gasteiger partial charge in [-0.1, -0.05) is 30.3 Å². The summed E-state index contributed by atoms with van der Waals surface area (Å²) in [6, 6.07) is 17.6. The van der Waals surface area contributed by atoms with E-state index in [-0.39, 0.29) is 6.04 Å². The maximum absolute atomic E-state index is 5.03. The van der Waals surface area contributed by atoms with Gasteiger partial charge in [-0.05, 0) is 31.0 Å². The van der Waals surface area contributed by atoms with Crippen molar-refractivity contribution in [3.05, 3.63) is 66.6 Å². The molecule has 0 aliphatic carbocycles. The number of rotatable bonds is 5. The van der Waals surface area contributed by atoms with Gasteiger partial charge in [-0.2, -0.15) is 9.61 Å². The van der Waals surface area contributed by atoms with Crippen molar-refractivity contribution < 1.29 is 0 Å². The number of piperazine rings is 1. The molecule has 2 N–H and O–H groups in total. The molecule has 6 rings (SSSR count). The third-order valence-electron chi connectivity index (χ3n) is 6.28. The molecule has 2 bridgehead atoms. The summed E-state index contributed by atoms with van der Waals surface area (Å²) in [6.45, 7) is 4.08. The number of pyridine rings is 1. The summed E-state index contributed by atoms with van der Waals surface area (Å²) in [5.41, 5.74) is 3.91. The second-order valence-electron chi connectivity index (χ2n) is 8.32. The van der Waals surface area contributed by atoms with Crippen LogP contribution in [0.4, 0.5) is 11.8 Å². The highest BCUT2D eigenvalue weighted by Gasteiger charge is 2.39. The van der Waals surface area contributed by atoms with Crippen LogP contribution in [0.1, 0.15) is 24.9 Å². The van der Waals surface area contributed by atoms with Crippen molar-refractivity contribution in [2.24, 2.45) is 0 Å². The molecule has 0 saturated carbocycles. The van der Waals surface area contributed by atoms with Crippen LogP contribution in [0, 0.1) is 0 Å². The molecule has 31 heavy (non-hydrogen) atoms. The molecular formula is C23H24N8. The van der Waals surface area contributed by atoms with E-state index in [1.807, 2.05) is 28.9 Å². The molecule has 2 unspecified atom stereocenters. The quantitative estimate of drug-likeness (QED) is 0.521. The van der Waals surface area contributed by atoms with Crippen molar-refractivity contribution in [2.75, 3.05) is 23.3 Å². The highest BCUT2D eigenvalue weighted by atomic mass is 15.4. The summed E-state index contributed by atoms with van der Waals surface area (Å²) in [5, 5.41) is 11.5. The molecular weight excluding hydrogens is 388 g/mol. The van der Waals surface area contributed by atoms with E-state index < -0.39 is 0 Å². The SMILES string of the molecule is C[C@H](Nc1cc(-c2cc3ncnn3c(N3CC4CC3CN4)n2)ccn1)c1ccccc1. The maximum atomic E-state index is 5.03. The van der Waals surface area contributed by atoms with Gasteiger partial charge in [0.2, 0.25) is 5.95 Å². The van der Waals surface area contributed by atoms with Gasteiger partial charge in [-0.15, -0.1) is 0 Å². The Bertz CT molecular complexity index is 1220. The Balaban J connectivity index is 1.34. The Hall–Kier alpha value is -3.52. The van der Waals surface area contributed by atoms with Crippen LogP contribution < -0.4 is 15.5 Å². The standard InChI is InChI=1S/C23H24N8/c1-15(16-5-3-2-4-6-16)28-21-9-17(7-8-24-21)20-11-22-26-14-27-31(22)23(29-20)30-13-18-10-19(30)12-25-18/h2-9,11,14-15,18-19,25H,10,12-13H2,1H3,(H,24,28)/t15-,18?,19?/m0/s1. The fraction of sp³-hybridized carbons (Fsp3) is 0.304. The van der Waals surface area contributed by atoms with E-state index in [1.54, 1.807) is 6.33 Å². The minimum atomic E-state index is 0.152. The van der Waals surface area contributed by atoms with Crippen LogP contribution in [0.25, 0.3) is 16.9 Å². The Morgan fingerprint density at radius 2 is 2.03 bits per heavy atom. The molecule has 2 saturated heterocycles. The third-order valence-corrected chi connectivity index (χ3v) is 6.28. The van der Waals surface area contributed by atoms with E-state index in [9.17, 15) is 0 Å². The smallest absolute Gasteiger partial charge is 0.229 e. The number of anilines is 2. The van der Waals surface area contributed by atoms with Crippen molar-refractivity contribution in [3.63, 3.8) is 0 Å². The molecule has 3 atom stereocenters. The first-order valence-corrected chi connectivity index (χ1v) is 10.7. The lowest BCUT2D eigenvalue weighted by Crippen LogP contribution is -2.44. The normalized spacial score (nSPS) is 21.0. The maximum Gasteiger partial charge on any atom is 0.229 e. The van der Waals surface area contributed by atoms with Crippen LogP contribution >= 0.6 is 0 Å². The van der Waals surface area contributed by atoms with E-state index >= 15 is 0 Å². The van der Waals surface area contributed by atoms with Gasteiger partial charge < -0.3 is 15.5 Å². The lowest BCUT2D eigenvalue weighted by Gasteiger charge is -2.28. The number of nitrogens with one attached hydrogen (secondary N) is 2. The Morgan fingerprint density at radius 3 is 2.84 bits per heavy atom. The van der Waals surface area contributed by atoms with Crippen molar-refractivity contribution >= 4 is 17.4 Å². The molecule has 0 amide bonds. The highest BCUT2D eigenvalue weighted by molar-refractivity contribution is 5.68. The molecule has 1 aromatic carbocycles. The number of benzene rings is 1. The first kappa shape index (κ1) is 18.3. The average molecular weight is 413 g/mol. The summed E-state index contributed by atoms with van der Waals surface area (Å²) < 4.78 is 1.85. The fourth-order valence-corrected chi connectivity index (χ4v) is 4.67. The van der Waals surface area contributed by atoms with Crippen LogP contribution in [-0.4, -0.2) is 49.7 Å². The van der Waals surface area contributed by atoms with E-state index in [0.717, 1.165) is 48.2 Å². The summed E-state index contributed by atoms with van der Waals surface area (Å²) in [4.78, 5) is 16.4. The van der Waals surface area contributed by atoms with Crippen LogP contribution in [-0.2, 0) is 0 Å². The summed E-state index contributed by atoms with van der Waals surface area (Å²) in [7, 11) is 0. The molecule has 4 aromatic rings. The second-order valence-corrected chi connectivity index (χ2v) is 8.32. The van der Waals surface area contributed by atoms with Gasteiger partial charge in [0.25, 0.3) is 0 Å². The zero-order chi connectivity index (χ0) is 20.8.